The summed E-state index contributed by atoms with van der Waals surface area (Å²) in [7, 11) is -4.84. The summed E-state index contributed by atoms with van der Waals surface area (Å²) in [5.41, 5.74) is 0. The number of hydrogen-bond donors (Lipinski definition) is 5. The number of carbonyl (C=O) groups is 2. The number of allylic oxidation sites excluding steroid dienone is 1. The predicted octanol–water partition coefficient (Wildman–Crippen LogP) is 6.69. The molecule has 0 aromatic heterocycles. The van der Waals surface area contributed by atoms with E-state index < -0.39 is 57.4 Å². The minimum Gasteiger partial charge on any atom is -0.462 e. The minimum atomic E-state index is -4.84. The van der Waals surface area contributed by atoms with Crippen molar-refractivity contribution in [2.24, 2.45) is 17.8 Å². The predicted molar refractivity (Wildman–Crippen MR) is 186 cm³/mol. The molecule has 0 aromatic rings. The summed E-state index contributed by atoms with van der Waals surface area (Å²) in [5.74, 6) is -1.02. The first kappa shape index (κ1) is 44.4. The molecule has 11 nitrogen and oxygen atoms in total. The lowest BCUT2D eigenvalue weighted by molar-refractivity contribution is -0.160. The van der Waals surface area contributed by atoms with E-state index in [2.05, 4.69) is 25.3 Å². The van der Waals surface area contributed by atoms with Gasteiger partial charge in [0.05, 0.1) is 31.3 Å². The van der Waals surface area contributed by atoms with Crippen molar-refractivity contribution in [1.29, 1.82) is 0 Å². The summed E-state index contributed by atoms with van der Waals surface area (Å²) in [6, 6.07) is 0. The van der Waals surface area contributed by atoms with Gasteiger partial charge in [-0.25, -0.2) is 4.57 Å². The number of ether oxygens (including phenoxy) is 2. The molecular formula is C36H65O11P. The molecule has 0 aliphatic heterocycles. The zero-order chi connectivity index (χ0) is 35.8. The summed E-state index contributed by atoms with van der Waals surface area (Å²) in [5, 5.41) is 31.1. The third-order valence-corrected chi connectivity index (χ3v) is 9.60. The molecule has 1 rings (SSSR count). The lowest BCUT2D eigenvalue weighted by atomic mass is 9.89. The number of hydrogen-bond acceptors (Lipinski definition) is 9. The molecule has 1 aliphatic rings. The van der Waals surface area contributed by atoms with Crippen molar-refractivity contribution < 1.29 is 53.3 Å². The second-order valence-electron chi connectivity index (χ2n) is 13.4. The largest absolute Gasteiger partial charge is 0.469 e. The van der Waals surface area contributed by atoms with Crippen LogP contribution in [0.2, 0.25) is 0 Å². The Balaban J connectivity index is 2.44. The monoisotopic (exact) mass is 704 g/mol. The van der Waals surface area contributed by atoms with E-state index in [0.717, 1.165) is 44.4 Å². The Morgan fingerprint density at radius 2 is 1.50 bits per heavy atom. The summed E-state index contributed by atoms with van der Waals surface area (Å²) < 4.78 is 26.2. The van der Waals surface area contributed by atoms with Gasteiger partial charge in [-0.2, -0.15) is 0 Å². The van der Waals surface area contributed by atoms with Crippen molar-refractivity contribution in [3.8, 4) is 0 Å². The van der Waals surface area contributed by atoms with Gasteiger partial charge < -0.3 is 34.6 Å². The third kappa shape index (κ3) is 22.2. The lowest BCUT2D eigenvalue weighted by Crippen LogP contribution is -2.29. The van der Waals surface area contributed by atoms with Gasteiger partial charge in [-0.05, 0) is 31.1 Å². The molecule has 0 radical (unpaired) electrons. The number of aliphatic hydroxyl groups is 3. The van der Waals surface area contributed by atoms with Crippen LogP contribution in [0, 0.1) is 17.8 Å². The zero-order valence-corrected chi connectivity index (χ0v) is 30.5. The van der Waals surface area contributed by atoms with Crippen LogP contribution in [0.5, 0.6) is 0 Å². The number of phosphoric ester groups is 1. The van der Waals surface area contributed by atoms with Gasteiger partial charge in [0.15, 0.2) is 6.10 Å². The van der Waals surface area contributed by atoms with Gasteiger partial charge in [0.2, 0.25) is 0 Å². The normalized spacial score (nSPS) is 21.9. The lowest BCUT2D eigenvalue weighted by Gasteiger charge is -2.20. The highest BCUT2D eigenvalue weighted by Gasteiger charge is 2.39. The minimum absolute atomic E-state index is 0.166. The number of aliphatic hydroxyl groups excluding tert-OH is 3. The zero-order valence-electron chi connectivity index (χ0n) is 29.6. The number of carbonyl (C=O) groups excluding carboxylic acids is 2. The van der Waals surface area contributed by atoms with E-state index in [1.807, 2.05) is 0 Å². The van der Waals surface area contributed by atoms with E-state index in [-0.39, 0.29) is 31.1 Å². The highest BCUT2D eigenvalue weighted by atomic mass is 31.2. The molecule has 0 bridgehead atoms. The fourth-order valence-electron chi connectivity index (χ4n) is 5.91. The molecule has 1 fully saturated rings. The SMILES string of the molecule is CCCCC[C@@H](O)/C=C/[C@@H]1[C@H](C/C=C\CC(=O)O[C@H](COC(=O)CCCCCCCCCCC(C)CC)COP(=O)(O)O)[C@@H](O)C[C@H]1O. The van der Waals surface area contributed by atoms with Gasteiger partial charge in [0, 0.05) is 18.8 Å². The standard InChI is InChI=1S/C36H65O11P/c1-4-6-13-19-29(37)23-24-32-31(33(38)25-34(32)39)20-16-17-22-36(41)47-30(27-46-48(42,43)44)26-45-35(40)21-15-12-10-8-7-9-11-14-18-28(3)5-2/h16-17,23-24,28-34,37-39H,4-15,18-22,25-27H2,1-3H3,(H2,42,43,44)/b17-16-,24-23+/t28?,29-,30-,31+,32-,33+,34-/m1/s1. The second kappa shape index (κ2) is 26.3. The van der Waals surface area contributed by atoms with Crippen molar-refractivity contribution in [2.45, 2.75) is 161 Å². The molecule has 0 saturated heterocycles. The molecule has 0 heterocycles. The number of unbranched alkanes of at least 4 members (excludes halogenated alkanes) is 9. The number of phosphoric acid groups is 1. The average Bonchev–Trinajstić information content (AvgIpc) is 3.30. The van der Waals surface area contributed by atoms with Crippen molar-refractivity contribution >= 4 is 19.8 Å². The van der Waals surface area contributed by atoms with E-state index >= 15 is 0 Å². The van der Waals surface area contributed by atoms with Gasteiger partial charge >= 0.3 is 19.8 Å². The van der Waals surface area contributed by atoms with Crippen LogP contribution < -0.4 is 0 Å². The summed E-state index contributed by atoms with van der Waals surface area (Å²) >= 11 is 0. The van der Waals surface area contributed by atoms with Crippen molar-refractivity contribution in [2.75, 3.05) is 13.2 Å². The van der Waals surface area contributed by atoms with Crippen LogP contribution in [0.4, 0.5) is 0 Å². The van der Waals surface area contributed by atoms with Crippen molar-refractivity contribution in [3.05, 3.63) is 24.3 Å². The average molecular weight is 705 g/mol. The molecular weight excluding hydrogens is 639 g/mol. The van der Waals surface area contributed by atoms with E-state index in [9.17, 15) is 29.5 Å². The van der Waals surface area contributed by atoms with E-state index in [4.69, 9.17) is 19.3 Å². The Kier molecular flexibility index (Phi) is 24.3. The van der Waals surface area contributed by atoms with Gasteiger partial charge in [0.25, 0.3) is 0 Å². The molecule has 0 aromatic carbocycles. The quantitative estimate of drug-likeness (QED) is 0.0253. The molecule has 1 saturated carbocycles. The van der Waals surface area contributed by atoms with Crippen LogP contribution in [-0.2, 0) is 28.2 Å². The molecule has 1 unspecified atom stereocenters. The van der Waals surface area contributed by atoms with Crippen LogP contribution in [-0.4, -0.2) is 74.7 Å². The molecule has 5 N–H and O–H groups in total. The fourth-order valence-corrected chi connectivity index (χ4v) is 6.27. The number of esters is 2. The Labute approximate surface area is 288 Å². The maximum absolute atomic E-state index is 12.5. The van der Waals surface area contributed by atoms with Crippen molar-refractivity contribution in [3.63, 3.8) is 0 Å². The Bertz CT molecular complexity index is 966. The first-order valence-corrected chi connectivity index (χ1v) is 19.8. The molecule has 280 valence electrons. The van der Waals surface area contributed by atoms with Crippen LogP contribution in [0.25, 0.3) is 0 Å². The summed E-state index contributed by atoms with van der Waals surface area (Å²) in [6.07, 6.45) is 19.0. The number of rotatable bonds is 28. The molecule has 48 heavy (non-hydrogen) atoms. The highest BCUT2D eigenvalue weighted by Crippen LogP contribution is 2.37. The summed E-state index contributed by atoms with van der Waals surface area (Å²) in [6.45, 7) is 5.58. The Morgan fingerprint density at radius 3 is 2.15 bits per heavy atom. The van der Waals surface area contributed by atoms with Crippen molar-refractivity contribution in [1.82, 2.24) is 0 Å². The molecule has 7 atom stereocenters. The molecule has 0 spiro atoms. The van der Waals surface area contributed by atoms with E-state index in [1.54, 1.807) is 24.3 Å². The third-order valence-electron chi connectivity index (χ3n) is 9.12. The van der Waals surface area contributed by atoms with Gasteiger partial charge in [-0.15, -0.1) is 0 Å². The first-order chi connectivity index (χ1) is 22.9. The maximum atomic E-state index is 12.5. The molecule has 1 aliphatic carbocycles. The Morgan fingerprint density at radius 1 is 0.854 bits per heavy atom. The maximum Gasteiger partial charge on any atom is 0.469 e. The van der Waals surface area contributed by atoms with E-state index in [1.165, 1.54) is 38.5 Å². The van der Waals surface area contributed by atoms with Crippen LogP contribution >= 0.6 is 7.82 Å². The second-order valence-corrected chi connectivity index (χ2v) is 14.7. The van der Waals surface area contributed by atoms with Gasteiger partial charge in [0.1, 0.15) is 6.61 Å². The smallest absolute Gasteiger partial charge is 0.462 e. The van der Waals surface area contributed by atoms with Gasteiger partial charge in [-0.3, -0.25) is 14.1 Å². The fraction of sp³-hybridized carbons (Fsp3) is 0.833. The molecule has 12 heteroatoms. The first-order valence-electron chi connectivity index (χ1n) is 18.3. The van der Waals surface area contributed by atoms with E-state index in [0.29, 0.717) is 19.3 Å². The van der Waals surface area contributed by atoms with Crippen LogP contribution in [0.3, 0.4) is 0 Å². The molecule has 0 amide bonds. The highest BCUT2D eigenvalue weighted by molar-refractivity contribution is 7.46. The Hall–Kier alpha value is -1.59. The topological polar surface area (TPSA) is 180 Å². The van der Waals surface area contributed by atoms with Gasteiger partial charge in [-0.1, -0.05) is 122 Å². The van der Waals surface area contributed by atoms with Crippen LogP contribution in [0.15, 0.2) is 24.3 Å². The van der Waals surface area contributed by atoms with Crippen LogP contribution in [0.1, 0.15) is 136 Å². The summed E-state index contributed by atoms with van der Waals surface area (Å²) in [4.78, 5) is 42.9.